The van der Waals surface area contributed by atoms with Crippen LogP contribution in [0.3, 0.4) is 0 Å². The second kappa shape index (κ2) is 8.17. The van der Waals surface area contributed by atoms with Crippen LogP contribution in [-0.4, -0.2) is 53.0 Å². The summed E-state index contributed by atoms with van der Waals surface area (Å²) in [5.41, 5.74) is 2.47. The number of ketones is 1. The van der Waals surface area contributed by atoms with Crippen molar-refractivity contribution in [2.75, 3.05) is 31.1 Å². The van der Waals surface area contributed by atoms with E-state index in [0.29, 0.717) is 55.9 Å². The molecule has 0 bridgehead atoms. The van der Waals surface area contributed by atoms with Crippen LogP contribution in [0.2, 0.25) is 0 Å². The maximum Gasteiger partial charge on any atom is 0.445 e. The molecular weight excluding hydrogens is 417 g/mol. The first-order valence-electron chi connectivity index (χ1n) is 9.57. The number of Topliss-reactive ketones (excluding diaryl/α,β-unsaturated/α-hetero) is 1. The van der Waals surface area contributed by atoms with Crippen LogP contribution in [0.25, 0.3) is 5.57 Å². The highest BCUT2D eigenvalue weighted by molar-refractivity contribution is 7.15. The third-order valence-corrected chi connectivity index (χ3v) is 6.34. The lowest BCUT2D eigenvalue weighted by Gasteiger charge is -2.34. The molecule has 2 aromatic rings. The van der Waals surface area contributed by atoms with Crippen molar-refractivity contribution < 1.29 is 22.8 Å². The van der Waals surface area contributed by atoms with E-state index in [0.717, 1.165) is 11.1 Å². The normalized spacial score (nSPS) is 17.8. The summed E-state index contributed by atoms with van der Waals surface area (Å²) < 4.78 is 38.2. The molecule has 1 fully saturated rings. The molecule has 0 spiro atoms. The number of alkyl halides is 3. The molecule has 158 valence electrons. The highest BCUT2D eigenvalue weighted by Crippen LogP contribution is 2.35. The summed E-state index contributed by atoms with van der Waals surface area (Å²) in [5, 5.41) is 6.07. The molecule has 0 N–H and O–H groups in total. The summed E-state index contributed by atoms with van der Waals surface area (Å²) in [6, 6.07) is 9.59. The third kappa shape index (κ3) is 4.23. The molecule has 1 aliphatic heterocycles. The highest BCUT2D eigenvalue weighted by Gasteiger charge is 2.37. The van der Waals surface area contributed by atoms with Crippen molar-refractivity contribution in [3.05, 3.63) is 46.5 Å². The zero-order valence-corrected chi connectivity index (χ0v) is 16.8. The Morgan fingerprint density at radius 1 is 1.03 bits per heavy atom. The Balaban J connectivity index is 1.40. The molecule has 2 aliphatic rings. The molecule has 1 amide bonds. The SMILES string of the molecule is O=C1CCC(c2ccccc2)=C1CC(=O)N1CCN(c2nnc(C(F)(F)F)s2)CC1. The first kappa shape index (κ1) is 20.5. The van der Waals surface area contributed by atoms with Gasteiger partial charge < -0.3 is 9.80 Å². The minimum Gasteiger partial charge on any atom is -0.343 e. The number of carbonyl (C=O) groups excluding carboxylic acids is 2. The van der Waals surface area contributed by atoms with Crippen LogP contribution in [0.1, 0.15) is 29.8 Å². The van der Waals surface area contributed by atoms with Crippen LogP contribution in [-0.2, 0) is 15.8 Å². The topological polar surface area (TPSA) is 66.4 Å². The van der Waals surface area contributed by atoms with Crippen molar-refractivity contribution in [1.29, 1.82) is 0 Å². The fourth-order valence-corrected chi connectivity index (χ4v) is 4.50. The summed E-state index contributed by atoms with van der Waals surface area (Å²) in [5.74, 6) is -0.129. The summed E-state index contributed by atoms with van der Waals surface area (Å²) in [6.07, 6.45) is -3.40. The fourth-order valence-electron chi connectivity index (χ4n) is 3.74. The Kier molecular flexibility index (Phi) is 5.59. The number of anilines is 1. The van der Waals surface area contributed by atoms with E-state index in [1.54, 1.807) is 9.80 Å². The lowest BCUT2D eigenvalue weighted by atomic mass is 9.99. The van der Waals surface area contributed by atoms with Crippen molar-refractivity contribution in [3.63, 3.8) is 0 Å². The van der Waals surface area contributed by atoms with E-state index in [9.17, 15) is 22.8 Å². The number of rotatable bonds is 4. The quantitative estimate of drug-likeness (QED) is 0.735. The van der Waals surface area contributed by atoms with Crippen LogP contribution >= 0.6 is 11.3 Å². The van der Waals surface area contributed by atoms with Gasteiger partial charge in [0.2, 0.25) is 16.0 Å². The van der Waals surface area contributed by atoms with Crippen molar-refractivity contribution in [2.24, 2.45) is 0 Å². The van der Waals surface area contributed by atoms with E-state index < -0.39 is 11.2 Å². The zero-order chi connectivity index (χ0) is 21.3. The maximum atomic E-state index is 12.8. The van der Waals surface area contributed by atoms with Gasteiger partial charge in [-0.25, -0.2) is 0 Å². The molecule has 4 rings (SSSR count). The molecule has 1 aliphatic carbocycles. The van der Waals surface area contributed by atoms with Gasteiger partial charge in [0.05, 0.1) is 6.42 Å². The monoisotopic (exact) mass is 436 g/mol. The van der Waals surface area contributed by atoms with Gasteiger partial charge in [-0.2, -0.15) is 13.2 Å². The number of halogens is 3. The zero-order valence-electron chi connectivity index (χ0n) is 16.0. The van der Waals surface area contributed by atoms with Crippen LogP contribution in [0, 0.1) is 0 Å². The largest absolute Gasteiger partial charge is 0.445 e. The summed E-state index contributed by atoms with van der Waals surface area (Å²) >= 11 is 0.503. The fraction of sp³-hybridized carbons (Fsp3) is 0.400. The van der Waals surface area contributed by atoms with Crippen LogP contribution in [0.15, 0.2) is 35.9 Å². The van der Waals surface area contributed by atoms with Gasteiger partial charge in [-0.15, -0.1) is 10.2 Å². The van der Waals surface area contributed by atoms with Crippen LogP contribution in [0.5, 0.6) is 0 Å². The molecule has 2 heterocycles. The maximum absolute atomic E-state index is 12.8. The van der Waals surface area contributed by atoms with Gasteiger partial charge in [-0.05, 0) is 17.6 Å². The number of allylic oxidation sites excluding steroid dienone is 1. The number of nitrogens with zero attached hydrogens (tertiary/aromatic N) is 4. The molecule has 1 aromatic heterocycles. The van der Waals surface area contributed by atoms with Crippen LogP contribution < -0.4 is 4.90 Å². The average molecular weight is 436 g/mol. The van der Waals surface area contributed by atoms with Gasteiger partial charge in [0.15, 0.2) is 5.78 Å². The molecule has 30 heavy (non-hydrogen) atoms. The van der Waals surface area contributed by atoms with Gasteiger partial charge >= 0.3 is 6.18 Å². The standard InChI is InChI=1S/C20H19F3N4O2S/c21-20(22,23)18-24-25-19(30-18)27-10-8-26(9-11-27)17(29)12-15-14(6-7-16(15)28)13-4-2-1-3-5-13/h1-5H,6-12H2. The van der Waals surface area contributed by atoms with Crippen LogP contribution in [0.4, 0.5) is 18.3 Å². The van der Waals surface area contributed by atoms with E-state index in [1.807, 2.05) is 30.3 Å². The summed E-state index contributed by atoms with van der Waals surface area (Å²) in [6.45, 7) is 1.47. The number of benzene rings is 1. The Morgan fingerprint density at radius 3 is 2.37 bits per heavy atom. The smallest absolute Gasteiger partial charge is 0.343 e. The predicted octanol–water partition coefficient (Wildman–Crippen LogP) is 3.41. The Morgan fingerprint density at radius 2 is 1.73 bits per heavy atom. The van der Waals surface area contributed by atoms with E-state index in [2.05, 4.69) is 10.2 Å². The number of aromatic nitrogens is 2. The summed E-state index contributed by atoms with van der Waals surface area (Å²) in [7, 11) is 0. The Labute approximate surface area is 175 Å². The molecule has 0 unspecified atom stereocenters. The van der Waals surface area contributed by atoms with Gasteiger partial charge in [-0.1, -0.05) is 41.7 Å². The van der Waals surface area contributed by atoms with Crippen molar-refractivity contribution in [1.82, 2.24) is 15.1 Å². The lowest BCUT2D eigenvalue weighted by Crippen LogP contribution is -2.49. The molecule has 10 heteroatoms. The summed E-state index contributed by atoms with van der Waals surface area (Å²) in [4.78, 5) is 28.5. The molecule has 0 radical (unpaired) electrons. The van der Waals surface area contributed by atoms with E-state index in [1.165, 1.54) is 0 Å². The number of carbonyl (C=O) groups is 2. The minimum atomic E-state index is -4.51. The number of hydrogen-bond donors (Lipinski definition) is 0. The minimum absolute atomic E-state index is 0.00868. The van der Waals surface area contributed by atoms with Gasteiger partial charge in [-0.3, -0.25) is 9.59 Å². The van der Waals surface area contributed by atoms with Crippen molar-refractivity contribution in [3.8, 4) is 0 Å². The number of amides is 1. The first-order valence-corrected chi connectivity index (χ1v) is 10.4. The highest BCUT2D eigenvalue weighted by atomic mass is 32.1. The molecule has 1 saturated heterocycles. The number of piperazine rings is 1. The second-order valence-electron chi connectivity index (χ2n) is 7.18. The van der Waals surface area contributed by atoms with E-state index >= 15 is 0 Å². The van der Waals surface area contributed by atoms with Crippen molar-refractivity contribution in [2.45, 2.75) is 25.4 Å². The third-order valence-electron chi connectivity index (χ3n) is 5.31. The molecule has 0 saturated carbocycles. The Hall–Kier alpha value is -2.75. The predicted molar refractivity (Wildman–Crippen MR) is 106 cm³/mol. The van der Waals surface area contributed by atoms with Gasteiger partial charge in [0.1, 0.15) is 0 Å². The van der Waals surface area contributed by atoms with Gasteiger partial charge in [0.25, 0.3) is 0 Å². The van der Waals surface area contributed by atoms with E-state index in [4.69, 9.17) is 0 Å². The molecule has 0 atom stereocenters. The lowest BCUT2D eigenvalue weighted by molar-refractivity contribution is -0.138. The second-order valence-corrected chi connectivity index (χ2v) is 8.13. The first-order chi connectivity index (χ1) is 14.3. The Bertz CT molecular complexity index is 979. The van der Waals surface area contributed by atoms with Crippen molar-refractivity contribution >= 4 is 33.7 Å². The molecular formula is C20H19F3N4O2S. The molecule has 6 nitrogen and oxygen atoms in total. The molecule has 1 aromatic carbocycles. The number of hydrogen-bond acceptors (Lipinski definition) is 6. The average Bonchev–Trinajstić information content (AvgIpc) is 3.37. The van der Waals surface area contributed by atoms with E-state index in [-0.39, 0.29) is 23.2 Å². The van der Waals surface area contributed by atoms with Gasteiger partial charge in [0, 0.05) is 38.2 Å².